The molecule has 2 amide bonds. The van der Waals surface area contributed by atoms with E-state index < -0.39 is 11.2 Å². The molecule has 23 heavy (non-hydrogen) atoms. The van der Waals surface area contributed by atoms with Crippen LogP contribution in [0.3, 0.4) is 0 Å². The van der Waals surface area contributed by atoms with E-state index in [1.807, 2.05) is 19.1 Å². The highest BCUT2D eigenvalue weighted by atomic mass is 35.5. The number of ether oxygens (including phenoxy) is 1. The number of rotatable bonds is 4. The third-order valence-electron chi connectivity index (χ3n) is 3.23. The van der Waals surface area contributed by atoms with E-state index in [1.54, 1.807) is 12.1 Å². The van der Waals surface area contributed by atoms with Crippen LogP contribution in [0.5, 0.6) is 0 Å². The Kier molecular flexibility index (Phi) is 5.49. The summed E-state index contributed by atoms with van der Waals surface area (Å²) in [6, 6.07) is 7.05. The molecule has 0 radical (unpaired) electrons. The van der Waals surface area contributed by atoms with Gasteiger partial charge in [-0.3, -0.25) is 10.1 Å². The molecule has 0 fully saturated rings. The van der Waals surface area contributed by atoms with Crippen molar-refractivity contribution in [3.8, 4) is 0 Å². The number of anilines is 1. The van der Waals surface area contributed by atoms with Crippen molar-refractivity contribution in [2.75, 3.05) is 11.2 Å². The lowest BCUT2D eigenvalue weighted by molar-refractivity contribution is -0.121. The van der Waals surface area contributed by atoms with Gasteiger partial charge in [-0.25, -0.2) is 10.2 Å². The standard InChI is InChI=1S/C15H17Cl2N3O3/c1-9-7-12(21)19-20-13(9)10-3-5-11(6-4-10)18-14(22)23-15(2,17)8-16/h3-6,9H,7-8H2,1-2H3,(H,18,22)(H,19,21). The monoisotopic (exact) mass is 357 g/mol. The third kappa shape index (κ3) is 4.84. The second kappa shape index (κ2) is 7.19. The number of carbonyl (C=O) groups excluding carboxylic acids is 2. The van der Waals surface area contributed by atoms with Crippen LogP contribution in [0.25, 0.3) is 0 Å². The quantitative estimate of drug-likeness (QED) is 0.811. The first-order chi connectivity index (χ1) is 10.8. The molecule has 0 spiro atoms. The van der Waals surface area contributed by atoms with Crippen molar-refractivity contribution >= 4 is 46.6 Å². The fraction of sp³-hybridized carbons (Fsp3) is 0.400. The molecule has 6 nitrogen and oxygen atoms in total. The Morgan fingerprint density at radius 2 is 2.13 bits per heavy atom. The van der Waals surface area contributed by atoms with Crippen LogP contribution in [0, 0.1) is 5.92 Å². The topological polar surface area (TPSA) is 79.8 Å². The molecular formula is C15H17Cl2N3O3. The van der Waals surface area contributed by atoms with Crippen LogP contribution in [-0.2, 0) is 9.53 Å². The van der Waals surface area contributed by atoms with E-state index in [-0.39, 0.29) is 17.7 Å². The van der Waals surface area contributed by atoms with E-state index in [0.717, 1.165) is 11.3 Å². The van der Waals surface area contributed by atoms with Gasteiger partial charge >= 0.3 is 6.09 Å². The van der Waals surface area contributed by atoms with Crippen molar-refractivity contribution in [2.45, 2.75) is 25.3 Å². The minimum atomic E-state index is -1.25. The Hall–Kier alpha value is -1.79. The largest absolute Gasteiger partial charge is 0.426 e. The van der Waals surface area contributed by atoms with Gasteiger partial charge in [0.05, 0.1) is 11.6 Å². The van der Waals surface area contributed by atoms with E-state index >= 15 is 0 Å². The van der Waals surface area contributed by atoms with Gasteiger partial charge in [0.2, 0.25) is 5.91 Å². The number of halogens is 2. The molecule has 2 N–H and O–H groups in total. The normalized spacial score (nSPS) is 20.1. The van der Waals surface area contributed by atoms with Crippen molar-refractivity contribution < 1.29 is 14.3 Å². The first kappa shape index (κ1) is 17.6. The molecule has 1 aromatic rings. The molecule has 2 rings (SSSR count). The molecule has 0 aliphatic carbocycles. The number of hydrazone groups is 1. The van der Waals surface area contributed by atoms with Gasteiger partial charge in [-0.2, -0.15) is 5.10 Å². The van der Waals surface area contributed by atoms with E-state index in [4.69, 9.17) is 27.9 Å². The molecule has 124 valence electrons. The highest BCUT2D eigenvalue weighted by Gasteiger charge is 2.25. The van der Waals surface area contributed by atoms with E-state index in [2.05, 4.69) is 15.8 Å². The maximum absolute atomic E-state index is 11.7. The molecule has 1 heterocycles. The lowest BCUT2D eigenvalue weighted by Crippen LogP contribution is -2.32. The number of alkyl halides is 2. The maximum atomic E-state index is 11.7. The summed E-state index contributed by atoms with van der Waals surface area (Å²) in [4.78, 5) is 23.0. The van der Waals surface area contributed by atoms with Crippen LogP contribution in [0.4, 0.5) is 10.5 Å². The lowest BCUT2D eigenvalue weighted by Gasteiger charge is -2.20. The SMILES string of the molecule is CC1CC(=O)NN=C1c1ccc(NC(=O)OC(C)(Cl)CCl)cc1. The molecule has 2 unspecified atom stereocenters. The number of benzene rings is 1. The van der Waals surface area contributed by atoms with Gasteiger partial charge in [-0.15, -0.1) is 11.6 Å². The van der Waals surface area contributed by atoms with Crippen molar-refractivity contribution in [2.24, 2.45) is 11.0 Å². The fourth-order valence-corrected chi connectivity index (χ4v) is 2.22. The van der Waals surface area contributed by atoms with Crippen molar-refractivity contribution in [3.05, 3.63) is 29.8 Å². The zero-order valence-corrected chi connectivity index (χ0v) is 14.2. The van der Waals surface area contributed by atoms with Crippen molar-refractivity contribution in [1.82, 2.24) is 5.43 Å². The summed E-state index contributed by atoms with van der Waals surface area (Å²) in [6.45, 7) is 3.44. The molecule has 8 heteroatoms. The number of hydrogen-bond acceptors (Lipinski definition) is 4. The van der Waals surface area contributed by atoms with Crippen LogP contribution in [0.2, 0.25) is 0 Å². The van der Waals surface area contributed by atoms with Crippen LogP contribution in [0.1, 0.15) is 25.8 Å². The van der Waals surface area contributed by atoms with E-state index in [0.29, 0.717) is 12.1 Å². The molecule has 2 atom stereocenters. The summed E-state index contributed by atoms with van der Waals surface area (Å²) < 4.78 is 4.98. The maximum Gasteiger partial charge on any atom is 0.413 e. The summed E-state index contributed by atoms with van der Waals surface area (Å²) >= 11 is 11.5. The number of nitrogens with one attached hydrogen (secondary N) is 2. The van der Waals surface area contributed by atoms with Gasteiger partial charge in [0, 0.05) is 18.0 Å². The van der Waals surface area contributed by atoms with Gasteiger partial charge in [-0.1, -0.05) is 30.7 Å². The second-order valence-corrected chi connectivity index (χ2v) is 6.53. The number of nitrogens with zero attached hydrogens (tertiary/aromatic N) is 1. The van der Waals surface area contributed by atoms with Crippen molar-refractivity contribution in [3.63, 3.8) is 0 Å². The Balaban J connectivity index is 2.03. The number of hydrogen-bond donors (Lipinski definition) is 2. The van der Waals surface area contributed by atoms with E-state index in [1.165, 1.54) is 6.92 Å². The van der Waals surface area contributed by atoms with E-state index in [9.17, 15) is 9.59 Å². The zero-order chi connectivity index (χ0) is 17.0. The Morgan fingerprint density at radius 3 is 2.70 bits per heavy atom. The number of carbonyl (C=O) groups is 2. The molecular weight excluding hydrogens is 341 g/mol. The van der Waals surface area contributed by atoms with Gasteiger partial charge in [0.25, 0.3) is 0 Å². The fourth-order valence-electron chi connectivity index (χ4n) is 2.09. The predicted molar refractivity (Wildman–Crippen MR) is 90.0 cm³/mol. The van der Waals surface area contributed by atoms with Gasteiger partial charge in [0.15, 0.2) is 5.06 Å². The highest BCUT2D eigenvalue weighted by Crippen LogP contribution is 2.21. The highest BCUT2D eigenvalue weighted by molar-refractivity contribution is 6.30. The molecule has 1 aliphatic rings. The van der Waals surface area contributed by atoms with Gasteiger partial charge < -0.3 is 4.74 Å². The second-order valence-electron chi connectivity index (χ2n) is 5.46. The molecule has 0 saturated heterocycles. The zero-order valence-electron chi connectivity index (χ0n) is 12.7. The summed E-state index contributed by atoms with van der Waals surface area (Å²) in [6.07, 6.45) is -0.288. The average Bonchev–Trinajstić information content (AvgIpc) is 2.48. The van der Waals surface area contributed by atoms with Crippen LogP contribution < -0.4 is 10.7 Å². The minimum Gasteiger partial charge on any atom is -0.426 e. The molecule has 1 aliphatic heterocycles. The predicted octanol–water partition coefficient (Wildman–Crippen LogP) is 3.29. The minimum absolute atomic E-state index is 0.0235. The smallest absolute Gasteiger partial charge is 0.413 e. The third-order valence-corrected chi connectivity index (χ3v) is 4.09. The van der Waals surface area contributed by atoms with Crippen LogP contribution >= 0.6 is 23.2 Å². The van der Waals surface area contributed by atoms with Gasteiger partial charge in [0.1, 0.15) is 0 Å². The van der Waals surface area contributed by atoms with Crippen molar-refractivity contribution in [1.29, 1.82) is 0 Å². The molecule has 0 bridgehead atoms. The Bertz CT molecular complexity index is 629. The van der Waals surface area contributed by atoms with Gasteiger partial charge in [-0.05, 0) is 24.6 Å². The summed E-state index contributed by atoms with van der Waals surface area (Å²) in [7, 11) is 0. The molecule has 0 aromatic heterocycles. The molecule has 1 aromatic carbocycles. The van der Waals surface area contributed by atoms with Crippen LogP contribution in [0.15, 0.2) is 29.4 Å². The van der Waals surface area contributed by atoms with Crippen LogP contribution in [-0.4, -0.2) is 28.7 Å². The average molecular weight is 358 g/mol. The number of amides is 2. The lowest BCUT2D eigenvalue weighted by atomic mass is 9.94. The summed E-state index contributed by atoms with van der Waals surface area (Å²) in [5, 5.41) is 5.40. The summed E-state index contributed by atoms with van der Waals surface area (Å²) in [5.74, 6) is -0.0800. The first-order valence-electron chi connectivity index (χ1n) is 7.02. The Morgan fingerprint density at radius 1 is 1.48 bits per heavy atom. The first-order valence-corrected chi connectivity index (χ1v) is 7.94. The summed E-state index contributed by atoms with van der Waals surface area (Å²) in [5.41, 5.74) is 4.70. The molecule has 0 saturated carbocycles. The Labute approximate surface area is 144 Å².